The van der Waals surface area contributed by atoms with Crippen LogP contribution in [-0.4, -0.2) is 22.3 Å². The zero-order chi connectivity index (χ0) is 17.8. The third kappa shape index (κ3) is 3.94. The Balaban J connectivity index is 1.99. The quantitative estimate of drug-likeness (QED) is 0.403. The second kappa shape index (κ2) is 7.84. The lowest BCUT2D eigenvalue weighted by molar-refractivity contribution is 0.544. The largest absolute Gasteiger partial charge is 0.278 e. The van der Waals surface area contributed by atoms with Crippen LogP contribution in [0.3, 0.4) is 0 Å². The van der Waals surface area contributed by atoms with Crippen LogP contribution >= 0.6 is 11.8 Å². The molecule has 0 aliphatic heterocycles. The number of pyridine rings is 1. The number of aromatic nitrogens is 3. The molecule has 2 heterocycles. The number of hydrogen-bond acceptors (Lipinski definition) is 4. The molecule has 0 aliphatic rings. The molecule has 2 aromatic heterocycles. The third-order valence-electron chi connectivity index (χ3n) is 4.08. The fraction of sp³-hybridized carbons (Fsp3) is 0.222. The van der Waals surface area contributed by atoms with Crippen LogP contribution in [0.4, 0.5) is 4.39 Å². The normalized spacial score (nSPS) is 12.5. The van der Waals surface area contributed by atoms with Gasteiger partial charge in [0.1, 0.15) is 0 Å². The Morgan fingerprint density at radius 2 is 2.04 bits per heavy atom. The number of aromatic amines is 1. The highest BCUT2D eigenvalue weighted by atomic mass is 32.2. The average Bonchev–Trinajstić information content (AvgIpc) is 3.14. The van der Waals surface area contributed by atoms with Gasteiger partial charge in [-0.15, -0.1) is 11.8 Å². The first-order valence-electron chi connectivity index (χ1n) is 8.14. The van der Waals surface area contributed by atoms with E-state index in [1.165, 1.54) is 11.8 Å². The molecule has 0 saturated carbocycles. The molecule has 25 heavy (non-hydrogen) atoms. The van der Waals surface area contributed by atoms with Crippen molar-refractivity contribution in [1.82, 2.24) is 19.9 Å². The van der Waals surface area contributed by atoms with Gasteiger partial charge < -0.3 is 0 Å². The van der Waals surface area contributed by atoms with Crippen molar-refractivity contribution in [2.24, 2.45) is 0 Å². The Morgan fingerprint density at radius 1 is 1.20 bits per heavy atom. The number of nitrogens with one attached hydrogen (secondary N) is 2. The average molecular weight is 354 g/mol. The summed E-state index contributed by atoms with van der Waals surface area (Å²) in [6.07, 6.45) is 1.72. The van der Waals surface area contributed by atoms with Gasteiger partial charge in [-0.25, -0.2) is 4.98 Å². The van der Waals surface area contributed by atoms with Gasteiger partial charge in [-0.2, -0.15) is 9.49 Å². The summed E-state index contributed by atoms with van der Waals surface area (Å²) in [6.45, 7) is 3.93. The van der Waals surface area contributed by atoms with Crippen LogP contribution in [0.15, 0.2) is 48.7 Å². The van der Waals surface area contributed by atoms with Gasteiger partial charge in [-0.05, 0) is 35.2 Å². The molecule has 1 atom stereocenters. The molecular weight excluding hydrogens is 334 g/mol. The van der Waals surface area contributed by atoms with Gasteiger partial charge >= 0.3 is 0 Å². The van der Waals surface area contributed by atoms with Crippen LogP contribution < -0.4 is 4.72 Å². The summed E-state index contributed by atoms with van der Waals surface area (Å²) < 4.78 is 17.7. The van der Waals surface area contributed by atoms with Gasteiger partial charge in [0.05, 0.1) is 17.4 Å². The molecule has 0 amide bonds. The first-order chi connectivity index (χ1) is 12.1. The molecule has 1 unspecified atom stereocenters. The zero-order valence-corrected chi connectivity index (χ0v) is 15.3. The van der Waals surface area contributed by atoms with Gasteiger partial charge in [0.25, 0.3) is 0 Å². The standard InChI is InChI=1S/C18H20BFN4S/c1-11(2)14-6-7-16(22-18(14)20)17(24-25-19)13-5-3-4-12(10-13)15-8-9-21-23-15/h3-11,17,24H,19H2,1-2H3,(H,21,23). The van der Waals surface area contributed by atoms with Crippen LogP contribution in [0.25, 0.3) is 11.3 Å². The molecule has 0 radical (unpaired) electrons. The van der Waals surface area contributed by atoms with Crippen LogP contribution in [0.5, 0.6) is 0 Å². The number of benzene rings is 1. The fourth-order valence-corrected chi connectivity index (χ4v) is 3.26. The van der Waals surface area contributed by atoms with Gasteiger partial charge in [0.2, 0.25) is 5.95 Å². The van der Waals surface area contributed by atoms with Crippen molar-refractivity contribution < 1.29 is 4.39 Å². The Kier molecular flexibility index (Phi) is 5.55. The summed E-state index contributed by atoms with van der Waals surface area (Å²) in [5.41, 5.74) is 4.29. The molecule has 2 N–H and O–H groups in total. The van der Waals surface area contributed by atoms with Crippen molar-refractivity contribution in [3.05, 3.63) is 71.4 Å². The van der Waals surface area contributed by atoms with Crippen LogP contribution in [0.2, 0.25) is 0 Å². The van der Waals surface area contributed by atoms with Gasteiger partial charge in [-0.3, -0.25) is 9.82 Å². The molecule has 0 saturated heterocycles. The van der Waals surface area contributed by atoms with Crippen molar-refractivity contribution in [1.29, 1.82) is 0 Å². The lowest BCUT2D eigenvalue weighted by Gasteiger charge is -2.19. The molecule has 0 fully saturated rings. The van der Waals surface area contributed by atoms with E-state index < -0.39 is 5.95 Å². The fourth-order valence-electron chi connectivity index (χ4n) is 2.77. The smallest absolute Gasteiger partial charge is 0.216 e. The van der Waals surface area contributed by atoms with Crippen LogP contribution in [0.1, 0.15) is 42.6 Å². The minimum atomic E-state index is -0.398. The van der Waals surface area contributed by atoms with E-state index in [0.29, 0.717) is 11.3 Å². The van der Waals surface area contributed by atoms with Crippen molar-refractivity contribution in [2.45, 2.75) is 25.8 Å². The van der Waals surface area contributed by atoms with E-state index >= 15 is 0 Å². The lowest BCUT2D eigenvalue weighted by atomic mass is 9.99. The van der Waals surface area contributed by atoms with Crippen LogP contribution in [0, 0.1) is 5.95 Å². The van der Waals surface area contributed by atoms with E-state index in [1.807, 2.05) is 57.4 Å². The summed E-state index contributed by atoms with van der Waals surface area (Å²) in [4.78, 5) is 4.22. The summed E-state index contributed by atoms with van der Waals surface area (Å²) in [5.74, 6) is -0.289. The Hall–Kier alpha value is -2.12. The monoisotopic (exact) mass is 354 g/mol. The molecule has 7 heteroatoms. The summed E-state index contributed by atoms with van der Waals surface area (Å²) >= 11 is 1.49. The lowest BCUT2D eigenvalue weighted by Crippen LogP contribution is -2.18. The Morgan fingerprint density at radius 3 is 2.68 bits per heavy atom. The maximum Gasteiger partial charge on any atom is 0.216 e. The first-order valence-corrected chi connectivity index (χ1v) is 9.37. The highest BCUT2D eigenvalue weighted by molar-refractivity contribution is 8.18. The summed E-state index contributed by atoms with van der Waals surface area (Å²) in [5, 5.41) is 6.97. The topological polar surface area (TPSA) is 53.6 Å². The first kappa shape index (κ1) is 17.7. The Labute approximate surface area is 152 Å². The van der Waals surface area contributed by atoms with Gasteiger partial charge in [0.15, 0.2) is 7.12 Å². The Bertz CT molecular complexity index is 839. The molecular formula is C18H20BFN4S. The highest BCUT2D eigenvalue weighted by Gasteiger charge is 2.18. The predicted octanol–water partition coefficient (Wildman–Crippen LogP) is 3.61. The number of halogens is 1. The predicted molar refractivity (Wildman–Crippen MR) is 103 cm³/mol. The van der Waals surface area contributed by atoms with Crippen molar-refractivity contribution in [3.8, 4) is 11.3 Å². The molecule has 0 bridgehead atoms. The van der Waals surface area contributed by atoms with E-state index in [4.69, 9.17) is 0 Å². The molecule has 0 spiro atoms. The summed E-state index contributed by atoms with van der Waals surface area (Å²) in [7, 11) is 1.95. The second-order valence-corrected chi connectivity index (χ2v) is 6.77. The maximum absolute atomic E-state index is 14.4. The van der Waals surface area contributed by atoms with Crippen LogP contribution in [-0.2, 0) is 0 Å². The molecule has 3 aromatic rings. The van der Waals surface area contributed by atoms with E-state index in [1.54, 1.807) is 6.20 Å². The number of hydrogen-bond donors (Lipinski definition) is 2. The van der Waals surface area contributed by atoms with E-state index in [2.05, 4.69) is 26.0 Å². The van der Waals surface area contributed by atoms with E-state index in [0.717, 1.165) is 16.8 Å². The second-order valence-electron chi connectivity index (χ2n) is 6.12. The minimum absolute atomic E-state index is 0.109. The third-order valence-corrected chi connectivity index (χ3v) is 4.56. The van der Waals surface area contributed by atoms with Crippen molar-refractivity contribution in [3.63, 3.8) is 0 Å². The molecule has 3 rings (SSSR count). The molecule has 0 aliphatic carbocycles. The number of rotatable bonds is 6. The molecule has 1 aromatic carbocycles. The minimum Gasteiger partial charge on any atom is -0.278 e. The van der Waals surface area contributed by atoms with E-state index in [9.17, 15) is 4.39 Å². The highest BCUT2D eigenvalue weighted by Crippen LogP contribution is 2.28. The zero-order valence-electron chi connectivity index (χ0n) is 14.5. The maximum atomic E-state index is 14.4. The molecule has 4 nitrogen and oxygen atoms in total. The number of nitrogens with zero attached hydrogens (tertiary/aromatic N) is 2. The van der Waals surface area contributed by atoms with Crippen molar-refractivity contribution >= 4 is 18.9 Å². The van der Waals surface area contributed by atoms with Crippen molar-refractivity contribution in [2.75, 3.05) is 0 Å². The number of H-pyrrole nitrogens is 1. The SMILES string of the molecule is BSNC(c1cccc(-c2ccn[nH]2)c1)c1ccc(C(C)C)c(F)n1. The molecule has 128 valence electrons. The van der Waals surface area contributed by atoms with Gasteiger partial charge in [-0.1, -0.05) is 38.1 Å². The van der Waals surface area contributed by atoms with Gasteiger partial charge in [0, 0.05) is 11.8 Å². The van der Waals surface area contributed by atoms with E-state index in [-0.39, 0.29) is 12.0 Å². The summed E-state index contributed by atoms with van der Waals surface area (Å²) in [6, 6.07) is 13.5.